The van der Waals surface area contributed by atoms with Gasteiger partial charge in [0, 0.05) is 91.5 Å². The lowest BCUT2D eigenvalue weighted by molar-refractivity contribution is -0.180. The Hall–Kier alpha value is -7.66. The van der Waals surface area contributed by atoms with E-state index in [1.54, 1.807) is 71.9 Å². The Morgan fingerprint density at radius 2 is 1.68 bits per heavy atom. The van der Waals surface area contributed by atoms with Crippen molar-refractivity contribution in [3.05, 3.63) is 99.0 Å². The molecule has 0 spiro atoms. The molecule has 3 N–H and O–H groups in total. The Labute approximate surface area is 468 Å². The van der Waals surface area contributed by atoms with Crippen LogP contribution in [0.25, 0.3) is 16.6 Å². The van der Waals surface area contributed by atoms with E-state index in [1.807, 2.05) is 4.90 Å². The number of amides is 6. The van der Waals surface area contributed by atoms with E-state index < -0.39 is 82.2 Å². The number of carbonyl (C=O) groups is 9. The maximum atomic E-state index is 15.5. The molecule has 0 saturated carbocycles. The molecule has 0 unspecified atom stereocenters. The molecule has 0 radical (unpaired) electrons. The third kappa shape index (κ3) is 12.9. The van der Waals surface area contributed by atoms with Crippen LogP contribution in [0.2, 0.25) is 0 Å². The molecule has 3 aromatic rings. The summed E-state index contributed by atoms with van der Waals surface area (Å²) in [5.74, 6) is -5.86. The molecule has 432 valence electrons. The number of imide groups is 1. The van der Waals surface area contributed by atoms with Gasteiger partial charge in [0.15, 0.2) is 11.4 Å². The number of aryl methyl sites for hydroxylation is 1. The number of rotatable bonds is 24. The van der Waals surface area contributed by atoms with Crippen molar-refractivity contribution in [3.63, 3.8) is 0 Å². The van der Waals surface area contributed by atoms with Gasteiger partial charge in [-0.05, 0) is 85.4 Å². The zero-order chi connectivity index (χ0) is 58.7. The lowest BCUT2D eigenvalue weighted by Gasteiger charge is -2.40. The molecule has 0 saturated heterocycles. The van der Waals surface area contributed by atoms with Gasteiger partial charge in [-0.3, -0.25) is 38.6 Å². The number of pyridine rings is 1. The molecule has 5 heterocycles. The molecule has 0 fully saturated rings. The van der Waals surface area contributed by atoms with E-state index in [4.69, 9.17) is 19.2 Å². The number of esters is 2. The summed E-state index contributed by atoms with van der Waals surface area (Å²) in [6.07, 6.45) is 6.88. The summed E-state index contributed by atoms with van der Waals surface area (Å²) in [5, 5.41) is 9.48. The standard InChI is InChI=1S/C58H68FN7O14S/c1-8-46(68)61-42-19-18-37-34(6)41(59)27-43-50(37)51(42)39-29-65-28-38-40(26-44(65)53(39)62-43)58(9-2,56(74)80-55(38)73)79-31-64(23-24-81(7,76)77)57(75)78-30-35-14-16-36(17-15-35)60-54(72)33(5)25-45(67)52(32(3)4)63-47(69)13-11-10-12-22-66-48(70)20-21-49(66)71/h14-17,20-21,26-27,32-33,42,52H,8-13,18-19,22-25,28-31H2,1-7H3,(H,60,72)(H,61,68)(H,63,69)/t33-,42-,52+,58-/m1/s1. The van der Waals surface area contributed by atoms with Gasteiger partial charge < -0.3 is 35.1 Å². The molecule has 1 aromatic heterocycles. The highest BCUT2D eigenvalue weighted by atomic mass is 32.2. The van der Waals surface area contributed by atoms with Gasteiger partial charge in [0.2, 0.25) is 17.7 Å². The molecule has 6 amide bonds. The van der Waals surface area contributed by atoms with Crippen LogP contribution in [0.3, 0.4) is 0 Å². The number of ketones is 1. The van der Waals surface area contributed by atoms with E-state index in [2.05, 4.69) is 16.0 Å². The fourth-order valence-electron chi connectivity index (χ4n) is 10.9. The first kappa shape index (κ1) is 59.5. The second-order valence-corrected chi connectivity index (χ2v) is 23.9. The minimum atomic E-state index is -3.65. The van der Waals surface area contributed by atoms with Crippen molar-refractivity contribution in [3.8, 4) is 0 Å². The summed E-state index contributed by atoms with van der Waals surface area (Å²) < 4.78 is 57.7. The Morgan fingerprint density at radius 3 is 2.35 bits per heavy atom. The molecule has 0 bridgehead atoms. The number of ether oxygens (including phenoxy) is 3. The molecule has 21 nitrogen and oxygen atoms in total. The van der Waals surface area contributed by atoms with Crippen molar-refractivity contribution in [1.82, 2.24) is 30.3 Å². The van der Waals surface area contributed by atoms with Crippen molar-refractivity contribution >= 4 is 85.5 Å². The number of cyclic esters (lactones) is 2. The van der Waals surface area contributed by atoms with Crippen LogP contribution in [0.5, 0.6) is 0 Å². The number of hydrogen-bond acceptors (Lipinski definition) is 16. The minimum absolute atomic E-state index is 0.0309. The molecule has 23 heteroatoms. The van der Waals surface area contributed by atoms with Crippen LogP contribution < -0.4 is 16.0 Å². The number of nitrogens with zero attached hydrogens (tertiary/aromatic N) is 4. The van der Waals surface area contributed by atoms with Crippen molar-refractivity contribution < 1.29 is 70.2 Å². The highest BCUT2D eigenvalue weighted by Gasteiger charge is 2.53. The summed E-state index contributed by atoms with van der Waals surface area (Å²) in [6.45, 7) is 9.40. The number of Topliss-reactive ketones (excluding diaryl/α,β-unsaturated/α-hetero) is 1. The molecule has 1 aliphatic carbocycles. The van der Waals surface area contributed by atoms with Crippen molar-refractivity contribution in [1.29, 1.82) is 0 Å². The van der Waals surface area contributed by atoms with Gasteiger partial charge in [-0.2, -0.15) is 0 Å². The third-order valence-electron chi connectivity index (χ3n) is 15.5. The molecule has 5 aliphatic rings. The Balaban J connectivity index is 0.905. The minimum Gasteiger partial charge on any atom is -0.444 e. The van der Waals surface area contributed by atoms with Gasteiger partial charge in [0.05, 0.1) is 46.9 Å². The number of nitrogens with one attached hydrogen (secondary N) is 3. The maximum absolute atomic E-state index is 15.5. The van der Waals surface area contributed by atoms with Crippen LogP contribution in [-0.4, -0.2) is 131 Å². The molecular weight excluding hydrogens is 1070 g/mol. The number of aromatic nitrogens is 1. The summed E-state index contributed by atoms with van der Waals surface area (Å²) in [5.41, 5.74) is 3.48. The molecule has 2 aromatic carbocycles. The predicted octanol–water partition coefficient (Wildman–Crippen LogP) is 5.71. The lowest BCUT2D eigenvalue weighted by atomic mass is 9.81. The van der Waals surface area contributed by atoms with Gasteiger partial charge in [-0.25, -0.2) is 32.2 Å². The summed E-state index contributed by atoms with van der Waals surface area (Å²) in [6, 6.07) is 6.46. The number of sulfone groups is 1. The van der Waals surface area contributed by atoms with Gasteiger partial charge in [0.1, 0.15) is 29.0 Å². The molecule has 81 heavy (non-hydrogen) atoms. The first-order valence-electron chi connectivity index (χ1n) is 27.3. The quantitative estimate of drug-likeness (QED) is 0.0318. The van der Waals surface area contributed by atoms with Crippen molar-refractivity contribution in [2.75, 3.05) is 43.7 Å². The Kier molecular flexibility index (Phi) is 18.1. The number of fused-ring (bicyclic) bond motifs is 4. The maximum Gasteiger partial charge on any atom is 0.411 e. The highest BCUT2D eigenvalue weighted by Crippen LogP contribution is 2.49. The van der Waals surface area contributed by atoms with Crippen molar-refractivity contribution in [2.45, 2.75) is 130 Å². The number of halogens is 1. The fraction of sp³-hybridized carbons (Fsp3) is 0.483. The van der Waals surface area contributed by atoms with Crippen molar-refractivity contribution in [2.24, 2.45) is 11.8 Å². The van der Waals surface area contributed by atoms with Crippen LogP contribution >= 0.6 is 0 Å². The van der Waals surface area contributed by atoms with E-state index in [0.29, 0.717) is 65.8 Å². The van der Waals surface area contributed by atoms with Gasteiger partial charge in [-0.1, -0.05) is 53.2 Å². The van der Waals surface area contributed by atoms with Crippen LogP contribution in [0.4, 0.5) is 14.9 Å². The predicted molar refractivity (Wildman–Crippen MR) is 293 cm³/mol. The van der Waals surface area contributed by atoms with E-state index in [0.717, 1.165) is 38.1 Å². The van der Waals surface area contributed by atoms with Gasteiger partial charge in [0.25, 0.3) is 11.8 Å². The van der Waals surface area contributed by atoms with Gasteiger partial charge >= 0.3 is 18.0 Å². The molecular formula is C58H68FN7O14S. The van der Waals surface area contributed by atoms with Crippen LogP contribution in [0, 0.1) is 24.6 Å². The highest BCUT2D eigenvalue weighted by molar-refractivity contribution is 7.90. The van der Waals surface area contributed by atoms with E-state index in [1.165, 1.54) is 18.2 Å². The van der Waals surface area contributed by atoms with Crippen LogP contribution in [-0.2, 0) is 82.0 Å². The summed E-state index contributed by atoms with van der Waals surface area (Å²) in [4.78, 5) is 126. The first-order valence-corrected chi connectivity index (χ1v) is 29.4. The number of unbranched alkanes of at least 4 members (excludes halogenated alkanes) is 2. The van der Waals surface area contributed by atoms with E-state index in [-0.39, 0.29) is 98.4 Å². The largest absolute Gasteiger partial charge is 0.444 e. The first-order chi connectivity index (χ1) is 38.4. The fourth-order valence-corrected chi connectivity index (χ4v) is 11.4. The number of benzene rings is 2. The number of carbonyl (C=O) groups excluding carboxylic acids is 9. The van der Waals surface area contributed by atoms with E-state index in [9.17, 15) is 51.6 Å². The van der Waals surface area contributed by atoms with Crippen LogP contribution in [0.1, 0.15) is 126 Å². The third-order valence-corrected chi connectivity index (χ3v) is 16.5. The zero-order valence-electron chi connectivity index (χ0n) is 46.5. The second kappa shape index (κ2) is 24.6. The molecule has 4 atom stereocenters. The van der Waals surface area contributed by atoms with E-state index >= 15 is 4.39 Å². The lowest BCUT2D eigenvalue weighted by Crippen LogP contribution is -2.53. The van der Waals surface area contributed by atoms with Crippen LogP contribution in [0.15, 0.2) is 59.7 Å². The summed E-state index contributed by atoms with van der Waals surface area (Å²) >= 11 is 0. The number of hydrogen-bond donors (Lipinski definition) is 3. The Bertz CT molecular complexity index is 3300. The SMILES string of the molecule is CCC(=O)N[C@@H]1CCc2c(C)c(F)cc3nc4c(c1c23)CN1CC2=C(C=C41)[C@@](CC)(OCN(CCS(C)(=O)=O)C(=O)OCc1ccc(NC(=O)[C@H](C)CC(=O)[C@@H](NC(=O)CCCCCN3C(=O)C=CC3=O)C(C)C)cc1)C(=O)OC2=O. The second-order valence-electron chi connectivity index (χ2n) is 21.6. The monoisotopic (exact) mass is 1140 g/mol. The zero-order valence-corrected chi connectivity index (χ0v) is 47.3. The molecule has 8 rings (SSSR count). The normalized spacial score (nSPS) is 19.0. The number of anilines is 1. The smallest absolute Gasteiger partial charge is 0.411 e. The Morgan fingerprint density at radius 1 is 0.963 bits per heavy atom. The van der Waals surface area contributed by atoms with Gasteiger partial charge in [-0.15, -0.1) is 0 Å². The average Bonchev–Trinajstić information content (AvgIpc) is 4.04. The topological polar surface area (TPSA) is 274 Å². The average molecular weight is 1140 g/mol. The summed E-state index contributed by atoms with van der Waals surface area (Å²) in [7, 11) is -3.65. The molecule has 4 aliphatic heterocycles.